The Bertz CT molecular complexity index is 641. The molecule has 0 atom stereocenters. The summed E-state index contributed by atoms with van der Waals surface area (Å²) >= 11 is 9.68. The smallest absolute Gasteiger partial charge is 0.138 e. The van der Waals surface area contributed by atoms with Crippen LogP contribution in [0.4, 0.5) is 11.5 Å². The van der Waals surface area contributed by atoms with Crippen LogP contribution in [0.3, 0.4) is 0 Å². The number of rotatable bonds is 3. The van der Waals surface area contributed by atoms with E-state index in [0.717, 1.165) is 32.9 Å². The normalized spacial score (nSPS) is 10.9. The number of anilines is 2. The zero-order valence-corrected chi connectivity index (χ0v) is 14.3. The van der Waals surface area contributed by atoms with E-state index in [1.165, 1.54) is 0 Å². The van der Waals surface area contributed by atoms with Crippen LogP contribution in [0, 0.1) is 13.8 Å². The Balaban J connectivity index is 2.39. The van der Waals surface area contributed by atoms with Crippen LogP contribution < -0.4 is 5.32 Å². The first kappa shape index (κ1) is 15.3. The van der Waals surface area contributed by atoms with Gasteiger partial charge in [-0.3, -0.25) is 0 Å². The molecular formula is C15H17BrClN3. The molecule has 20 heavy (non-hydrogen) atoms. The Kier molecular flexibility index (Phi) is 4.66. The second-order valence-electron chi connectivity index (χ2n) is 5.09. The van der Waals surface area contributed by atoms with Crippen molar-refractivity contribution < 1.29 is 0 Å². The Morgan fingerprint density at radius 2 is 1.90 bits per heavy atom. The first-order valence-electron chi connectivity index (χ1n) is 6.45. The number of aryl methyl sites for hydroxylation is 1. The minimum atomic E-state index is 0.236. The molecule has 3 nitrogen and oxygen atoms in total. The molecule has 1 heterocycles. The Labute approximate surface area is 132 Å². The maximum Gasteiger partial charge on any atom is 0.138 e. The van der Waals surface area contributed by atoms with Crippen molar-refractivity contribution >= 4 is 39.0 Å². The second kappa shape index (κ2) is 6.10. The Morgan fingerprint density at radius 1 is 1.20 bits per heavy atom. The number of nitrogens with one attached hydrogen (secondary N) is 1. The topological polar surface area (TPSA) is 37.8 Å². The predicted molar refractivity (Wildman–Crippen MR) is 88.0 cm³/mol. The van der Waals surface area contributed by atoms with Crippen molar-refractivity contribution in [1.29, 1.82) is 0 Å². The summed E-state index contributed by atoms with van der Waals surface area (Å²) in [6.07, 6.45) is 0. The average Bonchev–Trinajstić information content (AvgIpc) is 2.38. The molecule has 0 unspecified atom stereocenters. The van der Waals surface area contributed by atoms with Gasteiger partial charge in [-0.1, -0.05) is 41.4 Å². The van der Waals surface area contributed by atoms with Crippen molar-refractivity contribution in [2.45, 2.75) is 33.6 Å². The standard InChI is InChI=1S/C15H17BrClN3/c1-8(2)14-19-13(17)10(4)15(20-14)18-11-5-6-12(16)9(3)7-11/h5-8H,1-4H3,(H,18,19,20). The van der Waals surface area contributed by atoms with Gasteiger partial charge in [0, 0.05) is 21.6 Å². The predicted octanol–water partition coefficient (Wildman–Crippen LogP) is 5.38. The molecule has 2 rings (SSSR count). The van der Waals surface area contributed by atoms with Crippen LogP contribution in [0.15, 0.2) is 22.7 Å². The van der Waals surface area contributed by atoms with Gasteiger partial charge in [0.05, 0.1) is 0 Å². The first-order chi connectivity index (χ1) is 9.38. The number of hydrogen-bond donors (Lipinski definition) is 1. The third-order valence-electron chi connectivity index (χ3n) is 3.04. The van der Waals surface area contributed by atoms with Crippen LogP contribution in [0.5, 0.6) is 0 Å². The number of benzene rings is 1. The van der Waals surface area contributed by atoms with Gasteiger partial charge < -0.3 is 5.32 Å². The minimum Gasteiger partial charge on any atom is -0.340 e. The highest BCUT2D eigenvalue weighted by Gasteiger charge is 2.12. The lowest BCUT2D eigenvalue weighted by atomic mass is 10.2. The molecule has 0 aliphatic heterocycles. The summed E-state index contributed by atoms with van der Waals surface area (Å²) in [4.78, 5) is 8.87. The number of nitrogens with zero attached hydrogens (tertiary/aromatic N) is 2. The lowest BCUT2D eigenvalue weighted by Crippen LogP contribution is -2.05. The van der Waals surface area contributed by atoms with E-state index in [-0.39, 0.29) is 5.92 Å². The van der Waals surface area contributed by atoms with Gasteiger partial charge in [-0.2, -0.15) is 0 Å². The van der Waals surface area contributed by atoms with E-state index in [0.29, 0.717) is 5.15 Å². The van der Waals surface area contributed by atoms with Gasteiger partial charge in [0.2, 0.25) is 0 Å². The first-order valence-corrected chi connectivity index (χ1v) is 7.62. The van der Waals surface area contributed by atoms with Crippen molar-refractivity contribution in [3.8, 4) is 0 Å². The van der Waals surface area contributed by atoms with Crippen molar-refractivity contribution in [2.24, 2.45) is 0 Å². The van der Waals surface area contributed by atoms with Crippen LogP contribution in [0.25, 0.3) is 0 Å². The molecule has 0 amide bonds. The van der Waals surface area contributed by atoms with Gasteiger partial charge in [-0.25, -0.2) is 9.97 Å². The molecule has 1 aromatic heterocycles. The van der Waals surface area contributed by atoms with Gasteiger partial charge in [-0.15, -0.1) is 0 Å². The molecule has 5 heteroatoms. The number of halogens is 2. The highest BCUT2D eigenvalue weighted by molar-refractivity contribution is 9.10. The molecule has 0 bridgehead atoms. The highest BCUT2D eigenvalue weighted by Crippen LogP contribution is 2.27. The fourth-order valence-corrected chi connectivity index (χ4v) is 2.17. The van der Waals surface area contributed by atoms with E-state index in [1.54, 1.807) is 0 Å². The molecule has 0 saturated carbocycles. The summed E-state index contributed by atoms with van der Waals surface area (Å²) in [6.45, 7) is 8.07. The van der Waals surface area contributed by atoms with Crippen LogP contribution in [-0.2, 0) is 0 Å². The molecule has 0 spiro atoms. The van der Waals surface area contributed by atoms with E-state index in [1.807, 2.05) is 19.1 Å². The zero-order chi connectivity index (χ0) is 14.9. The van der Waals surface area contributed by atoms with E-state index in [9.17, 15) is 0 Å². The van der Waals surface area contributed by atoms with Gasteiger partial charge in [0.25, 0.3) is 0 Å². The van der Waals surface area contributed by atoms with Crippen molar-refractivity contribution in [3.63, 3.8) is 0 Å². The van der Waals surface area contributed by atoms with Gasteiger partial charge in [-0.05, 0) is 37.6 Å². The summed E-state index contributed by atoms with van der Waals surface area (Å²) in [5.74, 6) is 1.74. The molecule has 0 aliphatic rings. The van der Waals surface area contributed by atoms with Crippen LogP contribution in [0.2, 0.25) is 5.15 Å². The summed E-state index contributed by atoms with van der Waals surface area (Å²) in [7, 11) is 0. The maximum atomic E-state index is 6.19. The number of hydrogen-bond acceptors (Lipinski definition) is 3. The Morgan fingerprint density at radius 3 is 2.50 bits per heavy atom. The molecule has 1 aromatic carbocycles. The van der Waals surface area contributed by atoms with E-state index in [2.05, 4.69) is 58.1 Å². The summed E-state index contributed by atoms with van der Waals surface area (Å²) in [5.41, 5.74) is 3.01. The van der Waals surface area contributed by atoms with Crippen molar-refractivity contribution in [2.75, 3.05) is 5.32 Å². The minimum absolute atomic E-state index is 0.236. The molecular weight excluding hydrogens is 338 g/mol. The van der Waals surface area contributed by atoms with Crippen molar-refractivity contribution in [3.05, 3.63) is 44.8 Å². The SMILES string of the molecule is Cc1cc(Nc2nc(C(C)C)nc(Cl)c2C)ccc1Br. The molecule has 0 aliphatic carbocycles. The molecule has 106 valence electrons. The summed E-state index contributed by atoms with van der Waals surface area (Å²) in [6, 6.07) is 6.08. The largest absolute Gasteiger partial charge is 0.340 e. The average molecular weight is 355 g/mol. The van der Waals surface area contributed by atoms with E-state index >= 15 is 0 Å². The Hall–Kier alpha value is -1.13. The third kappa shape index (κ3) is 3.30. The molecule has 0 fully saturated rings. The van der Waals surface area contributed by atoms with Gasteiger partial charge in [0.1, 0.15) is 16.8 Å². The molecule has 1 N–H and O–H groups in total. The van der Waals surface area contributed by atoms with Gasteiger partial charge >= 0.3 is 0 Å². The molecule has 0 saturated heterocycles. The van der Waals surface area contributed by atoms with E-state index in [4.69, 9.17) is 11.6 Å². The summed E-state index contributed by atoms with van der Waals surface area (Å²) in [5, 5.41) is 3.82. The fraction of sp³-hybridized carbons (Fsp3) is 0.333. The molecule has 0 radical (unpaired) electrons. The monoisotopic (exact) mass is 353 g/mol. The van der Waals surface area contributed by atoms with Crippen LogP contribution in [0.1, 0.15) is 36.7 Å². The summed E-state index contributed by atoms with van der Waals surface area (Å²) < 4.78 is 1.09. The quantitative estimate of drug-likeness (QED) is 0.752. The second-order valence-corrected chi connectivity index (χ2v) is 6.30. The molecule has 2 aromatic rings. The highest BCUT2D eigenvalue weighted by atomic mass is 79.9. The van der Waals surface area contributed by atoms with Crippen LogP contribution >= 0.6 is 27.5 Å². The lowest BCUT2D eigenvalue weighted by Gasteiger charge is -2.13. The van der Waals surface area contributed by atoms with Gasteiger partial charge in [0.15, 0.2) is 0 Å². The zero-order valence-electron chi connectivity index (χ0n) is 12.0. The van der Waals surface area contributed by atoms with Crippen LogP contribution in [-0.4, -0.2) is 9.97 Å². The number of aromatic nitrogens is 2. The fourth-order valence-electron chi connectivity index (χ4n) is 1.74. The van der Waals surface area contributed by atoms with Crippen molar-refractivity contribution in [1.82, 2.24) is 9.97 Å². The van der Waals surface area contributed by atoms with E-state index < -0.39 is 0 Å². The lowest BCUT2D eigenvalue weighted by molar-refractivity contribution is 0.773. The maximum absolute atomic E-state index is 6.19. The third-order valence-corrected chi connectivity index (χ3v) is 4.30.